The van der Waals surface area contributed by atoms with Crippen molar-refractivity contribution in [1.82, 2.24) is 4.98 Å². The highest BCUT2D eigenvalue weighted by molar-refractivity contribution is 6.30. The summed E-state index contributed by atoms with van der Waals surface area (Å²) in [5.74, 6) is -0.925. The molecule has 0 saturated carbocycles. The molecule has 1 heterocycles. The summed E-state index contributed by atoms with van der Waals surface area (Å²) >= 11 is 6.13. The van der Waals surface area contributed by atoms with Crippen molar-refractivity contribution >= 4 is 34.5 Å². The molecule has 2 aromatic carbocycles. The number of aromatic nitrogens is 1. The molecule has 3 rings (SSSR count). The van der Waals surface area contributed by atoms with Gasteiger partial charge in [0, 0.05) is 17.0 Å². The van der Waals surface area contributed by atoms with E-state index >= 15 is 0 Å². The first-order valence-corrected chi connectivity index (χ1v) is 8.17. The van der Waals surface area contributed by atoms with Gasteiger partial charge in [-0.1, -0.05) is 35.9 Å². The summed E-state index contributed by atoms with van der Waals surface area (Å²) in [5.41, 5.74) is 1.90. The number of hydrogen-bond acceptors (Lipinski definition) is 4. The SMILES string of the molecule is COc1ccc(/C=C/C(=O)OCc2cc3ccccc3nc2Cl)cc1F. The van der Waals surface area contributed by atoms with Gasteiger partial charge >= 0.3 is 5.97 Å². The number of ether oxygens (including phenoxy) is 2. The van der Waals surface area contributed by atoms with Gasteiger partial charge in [-0.15, -0.1) is 0 Å². The Balaban J connectivity index is 1.65. The van der Waals surface area contributed by atoms with E-state index in [-0.39, 0.29) is 17.5 Å². The van der Waals surface area contributed by atoms with E-state index in [1.807, 2.05) is 30.3 Å². The summed E-state index contributed by atoms with van der Waals surface area (Å²) in [4.78, 5) is 16.2. The van der Waals surface area contributed by atoms with Gasteiger partial charge in [-0.05, 0) is 35.9 Å². The van der Waals surface area contributed by atoms with Gasteiger partial charge in [0.05, 0.1) is 12.6 Å². The minimum Gasteiger partial charge on any atom is -0.494 e. The van der Waals surface area contributed by atoms with Crippen molar-refractivity contribution in [3.8, 4) is 5.75 Å². The van der Waals surface area contributed by atoms with E-state index in [4.69, 9.17) is 21.1 Å². The van der Waals surface area contributed by atoms with Crippen LogP contribution in [0.2, 0.25) is 5.15 Å². The lowest BCUT2D eigenvalue weighted by atomic mass is 10.2. The molecule has 0 radical (unpaired) electrons. The molecule has 1 aromatic heterocycles. The van der Waals surface area contributed by atoms with Gasteiger partial charge in [-0.2, -0.15) is 0 Å². The van der Waals surface area contributed by atoms with Crippen LogP contribution in [0, 0.1) is 5.82 Å². The van der Waals surface area contributed by atoms with Crippen LogP contribution in [0.1, 0.15) is 11.1 Å². The van der Waals surface area contributed by atoms with Gasteiger partial charge in [0.25, 0.3) is 0 Å². The van der Waals surface area contributed by atoms with Crippen molar-refractivity contribution in [3.63, 3.8) is 0 Å². The van der Waals surface area contributed by atoms with Crippen molar-refractivity contribution in [2.24, 2.45) is 0 Å². The van der Waals surface area contributed by atoms with Crippen LogP contribution in [0.25, 0.3) is 17.0 Å². The highest BCUT2D eigenvalue weighted by atomic mass is 35.5. The molecule has 0 aliphatic rings. The molecule has 26 heavy (non-hydrogen) atoms. The summed E-state index contributed by atoms with van der Waals surface area (Å²) in [6.07, 6.45) is 2.69. The zero-order chi connectivity index (χ0) is 18.5. The van der Waals surface area contributed by atoms with Gasteiger partial charge in [-0.25, -0.2) is 14.2 Å². The molecule has 0 aliphatic carbocycles. The number of methoxy groups -OCH3 is 1. The number of pyridine rings is 1. The molecule has 0 unspecified atom stereocenters. The number of nitrogens with zero attached hydrogens (tertiary/aromatic N) is 1. The summed E-state index contributed by atoms with van der Waals surface area (Å²) in [6, 6.07) is 13.8. The molecule has 0 atom stereocenters. The Bertz CT molecular complexity index is 988. The Kier molecular flexibility index (Phi) is 5.49. The maximum atomic E-state index is 13.6. The monoisotopic (exact) mass is 371 g/mol. The number of halogens is 2. The quantitative estimate of drug-likeness (QED) is 0.367. The molecule has 0 saturated heterocycles. The van der Waals surface area contributed by atoms with Gasteiger partial charge in [0.15, 0.2) is 11.6 Å². The summed E-state index contributed by atoms with van der Waals surface area (Å²) < 4.78 is 23.7. The number of hydrogen-bond donors (Lipinski definition) is 0. The summed E-state index contributed by atoms with van der Waals surface area (Å²) in [5, 5.41) is 1.20. The summed E-state index contributed by atoms with van der Waals surface area (Å²) in [6.45, 7) is -0.00316. The molecule has 0 aliphatic heterocycles. The third kappa shape index (κ3) is 4.18. The maximum absolute atomic E-state index is 13.6. The molecule has 0 amide bonds. The van der Waals surface area contributed by atoms with E-state index < -0.39 is 11.8 Å². The molecule has 132 valence electrons. The number of rotatable bonds is 5. The van der Waals surface area contributed by atoms with Crippen LogP contribution >= 0.6 is 11.6 Å². The van der Waals surface area contributed by atoms with E-state index in [9.17, 15) is 9.18 Å². The molecule has 0 spiro atoms. The normalized spacial score (nSPS) is 11.0. The van der Waals surface area contributed by atoms with Crippen LogP contribution in [-0.2, 0) is 16.1 Å². The lowest BCUT2D eigenvalue weighted by Gasteiger charge is -2.06. The predicted molar refractivity (Wildman–Crippen MR) is 98.5 cm³/mol. The Morgan fingerprint density at radius 2 is 2.04 bits per heavy atom. The first-order valence-electron chi connectivity index (χ1n) is 7.79. The van der Waals surface area contributed by atoms with Crippen LogP contribution in [0.3, 0.4) is 0 Å². The number of esters is 1. The molecule has 3 aromatic rings. The second-order valence-electron chi connectivity index (χ2n) is 5.47. The van der Waals surface area contributed by atoms with E-state index in [1.165, 1.54) is 31.4 Å². The number of carbonyl (C=O) groups is 1. The fourth-order valence-electron chi connectivity index (χ4n) is 2.38. The minimum atomic E-state index is -0.564. The van der Waals surface area contributed by atoms with E-state index in [0.29, 0.717) is 11.1 Å². The molecule has 0 fully saturated rings. The number of benzene rings is 2. The van der Waals surface area contributed by atoms with Crippen molar-refractivity contribution in [3.05, 3.63) is 76.7 Å². The molecular weight excluding hydrogens is 357 g/mol. The highest BCUT2D eigenvalue weighted by Crippen LogP contribution is 2.21. The van der Waals surface area contributed by atoms with E-state index in [1.54, 1.807) is 6.07 Å². The lowest BCUT2D eigenvalue weighted by molar-refractivity contribution is -0.138. The van der Waals surface area contributed by atoms with Crippen LogP contribution in [0.4, 0.5) is 4.39 Å². The van der Waals surface area contributed by atoms with Gasteiger partial charge < -0.3 is 9.47 Å². The highest BCUT2D eigenvalue weighted by Gasteiger charge is 2.07. The zero-order valence-corrected chi connectivity index (χ0v) is 14.7. The Morgan fingerprint density at radius 3 is 2.81 bits per heavy atom. The van der Waals surface area contributed by atoms with E-state index in [0.717, 1.165) is 10.9 Å². The third-order valence-electron chi connectivity index (χ3n) is 3.71. The number of fused-ring (bicyclic) bond motifs is 1. The van der Waals surface area contributed by atoms with Gasteiger partial charge in [0.2, 0.25) is 0 Å². The zero-order valence-electron chi connectivity index (χ0n) is 13.9. The first-order chi connectivity index (χ1) is 12.6. The predicted octanol–water partition coefficient (Wildman–Crippen LogP) is 4.79. The largest absolute Gasteiger partial charge is 0.494 e. The Hall–Kier alpha value is -2.92. The molecule has 0 N–H and O–H groups in total. The molecule has 0 bridgehead atoms. The van der Waals surface area contributed by atoms with Crippen molar-refractivity contribution in [2.45, 2.75) is 6.61 Å². The average Bonchev–Trinajstić information content (AvgIpc) is 2.64. The fourth-order valence-corrected chi connectivity index (χ4v) is 2.59. The van der Waals surface area contributed by atoms with Gasteiger partial charge in [0.1, 0.15) is 11.8 Å². The molecular formula is C20H15ClFNO3. The van der Waals surface area contributed by atoms with Crippen molar-refractivity contribution in [1.29, 1.82) is 0 Å². The Labute approximate surface area is 154 Å². The summed E-state index contributed by atoms with van der Waals surface area (Å²) in [7, 11) is 1.39. The molecule has 4 nitrogen and oxygen atoms in total. The topological polar surface area (TPSA) is 48.4 Å². The van der Waals surface area contributed by atoms with Crippen LogP contribution in [-0.4, -0.2) is 18.1 Å². The van der Waals surface area contributed by atoms with Crippen LogP contribution in [0.15, 0.2) is 54.6 Å². The second kappa shape index (κ2) is 7.97. The maximum Gasteiger partial charge on any atom is 0.331 e. The standard InChI is InChI=1S/C20H15ClFNO3/c1-25-18-8-6-13(10-16(18)22)7-9-19(24)26-12-15-11-14-4-2-3-5-17(14)23-20(15)21/h2-11H,12H2,1H3/b9-7+. The minimum absolute atomic E-state index is 0.00316. The second-order valence-corrected chi connectivity index (χ2v) is 5.82. The molecule has 6 heteroatoms. The Morgan fingerprint density at radius 1 is 1.23 bits per heavy atom. The van der Waals surface area contributed by atoms with Crippen LogP contribution in [0.5, 0.6) is 5.75 Å². The fraction of sp³-hybridized carbons (Fsp3) is 0.100. The van der Waals surface area contributed by atoms with Crippen LogP contribution < -0.4 is 4.74 Å². The lowest BCUT2D eigenvalue weighted by Crippen LogP contribution is -2.02. The first kappa shape index (κ1) is 17.9. The number of para-hydroxylation sites is 1. The van der Waals surface area contributed by atoms with Gasteiger partial charge in [-0.3, -0.25) is 0 Å². The average molecular weight is 372 g/mol. The van der Waals surface area contributed by atoms with Crippen molar-refractivity contribution in [2.75, 3.05) is 7.11 Å². The number of carbonyl (C=O) groups excluding carboxylic acids is 1. The third-order valence-corrected chi connectivity index (χ3v) is 4.03. The van der Waals surface area contributed by atoms with E-state index in [2.05, 4.69) is 4.98 Å². The smallest absolute Gasteiger partial charge is 0.331 e. The van der Waals surface area contributed by atoms with Crippen molar-refractivity contribution < 1.29 is 18.7 Å².